The van der Waals surface area contributed by atoms with E-state index in [0.29, 0.717) is 12.1 Å². The predicted octanol–water partition coefficient (Wildman–Crippen LogP) is 4.00. The highest BCUT2D eigenvalue weighted by molar-refractivity contribution is 5.62. The Bertz CT molecular complexity index is 708. The van der Waals surface area contributed by atoms with Gasteiger partial charge in [0, 0.05) is 30.5 Å². The zero-order chi connectivity index (χ0) is 15.6. The quantitative estimate of drug-likeness (QED) is 0.858. The minimum absolute atomic E-state index is 0.529. The van der Waals surface area contributed by atoms with Gasteiger partial charge in [-0.1, -0.05) is 42.8 Å². The van der Waals surface area contributed by atoms with Crippen molar-refractivity contribution in [2.75, 3.05) is 0 Å². The van der Waals surface area contributed by atoms with Crippen molar-refractivity contribution < 1.29 is 0 Å². The first-order chi connectivity index (χ1) is 11.3. The fourth-order valence-electron chi connectivity index (χ4n) is 3.93. The van der Waals surface area contributed by atoms with Crippen molar-refractivity contribution >= 4 is 5.57 Å². The Balaban J connectivity index is 1.60. The van der Waals surface area contributed by atoms with Crippen molar-refractivity contribution in [2.24, 2.45) is 0 Å². The Labute approximate surface area is 138 Å². The lowest BCUT2D eigenvalue weighted by atomic mass is 9.84. The number of rotatable bonds is 3. The lowest BCUT2D eigenvalue weighted by Crippen LogP contribution is -2.47. The molecule has 0 aliphatic carbocycles. The van der Waals surface area contributed by atoms with Crippen LogP contribution in [0.3, 0.4) is 0 Å². The maximum absolute atomic E-state index is 4.64. The maximum Gasteiger partial charge on any atom is 0.155 e. The molecule has 1 aromatic heterocycles. The SMILES string of the molecule is Cc1ccnc(C2=CC3CCCC(C2)N3Cc2ccccc2)n1. The highest BCUT2D eigenvalue weighted by atomic mass is 15.2. The van der Waals surface area contributed by atoms with Crippen molar-refractivity contribution in [1.82, 2.24) is 14.9 Å². The molecule has 0 amide bonds. The number of aryl methyl sites for hydroxylation is 1. The number of nitrogens with zero attached hydrogens (tertiary/aromatic N) is 3. The van der Waals surface area contributed by atoms with Crippen molar-refractivity contribution in [1.29, 1.82) is 0 Å². The van der Waals surface area contributed by atoms with Gasteiger partial charge in [-0.05, 0) is 43.4 Å². The smallest absolute Gasteiger partial charge is 0.155 e. The van der Waals surface area contributed by atoms with Crippen LogP contribution in [-0.2, 0) is 6.54 Å². The molecule has 3 heterocycles. The van der Waals surface area contributed by atoms with E-state index in [4.69, 9.17) is 0 Å². The summed E-state index contributed by atoms with van der Waals surface area (Å²) in [5, 5.41) is 0. The van der Waals surface area contributed by atoms with Gasteiger partial charge in [0.25, 0.3) is 0 Å². The molecule has 0 spiro atoms. The predicted molar refractivity (Wildman–Crippen MR) is 92.8 cm³/mol. The molecule has 1 aromatic carbocycles. The van der Waals surface area contributed by atoms with Crippen LogP contribution in [0.15, 0.2) is 48.7 Å². The Morgan fingerprint density at radius 1 is 1.13 bits per heavy atom. The third-order valence-corrected chi connectivity index (χ3v) is 5.07. The summed E-state index contributed by atoms with van der Waals surface area (Å²) in [5.74, 6) is 0.932. The first-order valence-corrected chi connectivity index (χ1v) is 8.60. The Morgan fingerprint density at radius 3 is 2.78 bits per heavy atom. The highest BCUT2D eigenvalue weighted by Gasteiger charge is 2.34. The van der Waals surface area contributed by atoms with Crippen LogP contribution >= 0.6 is 0 Å². The maximum atomic E-state index is 4.64. The molecular formula is C20H23N3. The van der Waals surface area contributed by atoms with Crippen LogP contribution in [0.4, 0.5) is 0 Å². The number of benzene rings is 1. The summed E-state index contributed by atoms with van der Waals surface area (Å²) in [5.41, 5.74) is 3.80. The van der Waals surface area contributed by atoms with Gasteiger partial charge < -0.3 is 0 Å². The standard InChI is InChI=1S/C20H23N3/c1-15-10-11-21-20(22-15)17-12-18-8-5-9-19(13-17)23(18)14-16-6-3-2-4-7-16/h2-4,6-7,10-12,18-19H,5,8-9,13-14H2,1H3. The second-order valence-electron chi connectivity index (χ2n) is 6.73. The molecule has 2 aliphatic heterocycles. The molecule has 2 bridgehead atoms. The van der Waals surface area contributed by atoms with E-state index in [2.05, 4.69) is 51.3 Å². The van der Waals surface area contributed by atoms with E-state index < -0.39 is 0 Å². The fourth-order valence-corrected chi connectivity index (χ4v) is 3.93. The molecule has 4 rings (SSSR count). The molecule has 3 heteroatoms. The van der Waals surface area contributed by atoms with Crippen LogP contribution in [0.25, 0.3) is 5.57 Å². The molecular weight excluding hydrogens is 282 g/mol. The third kappa shape index (κ3) is 3.06. The van der Waals surface area contributed by atoms with E-state index in [9.17, 15) is 0 Å². The number of piperidine rings is 1. The van der Waals surface area contributed by atoms with Crippen LogP contribution in [0.1, 0.15) is 42.8 Å². The molecule has 1 saturated heterocycles. The van der Waals surface area contributed by atoms with Gasteiger partial charge in [0.05, 0.1) is 0 Å². The van der Waals surface area contributed by atoms with E-state index >= 15 is 0 Å². The molecule has 2 aromatic rings. The molecule has 118 valence electrons. The van der Waals surface area contributed by atoms with Gasteiger partial charge in [-0.2, -0.15) is 0 Å². The molecule has 1 fully saturated rings. The van der Waals surface area contributed by atoms with E-state index in [1.807, 2.05) is 19.2 Å². The molecule has 2 unspecified atom stereocenters. The summed E-state index contributed by atoms with van der Waals surface area (Å²) < 4.78 is 0. The Kier molecular flexibility index (Phi) is 3.96. The third-order valence-electron chi connectivity index (χ3n) is 5.07. The van der Waals surface area contributed by atoms with Crippen LogP contribution in [0.5, 0.6) is 0 Å². The molecule has 0 N–H and O–H groups in total. The van der Waals surface area contributed by atoms with Crippen molar-refractivity contribution in [3.63, 3.8) is 0 Å². The average Bonchev–Trinajstić information content (AvgIpc) is 2.55. The van der Waals surface area contributed by atoms with Crippen LogP contribution < -0.4 is 0 Å². The summed E-state index contributed by atoms with van der Waals surface area (Å²) in [4.78, 5) is 11.8. The summed E-state index contributed by atoms with van der Waals surface area (Å²) in [6.07, 6.45) is 9.25. The van der Waals surface area contributed by atoms with E-state index in [-0.39, 0.29) is 0 Å². The summed E-state index contributed by atoms with van der Waals surface area (Å²) in [6, 6.07) is 14.0. The molecule has 2 aliphatic rings. The second kappa shape index (κ2) is 6.25. The number of hydrogen-bond donors (Lipinski definition) is 0. The minimum atomic E-state index is 0.529. The molecule has 0 saturated carbocycles. The van der Waals surface area contributed by atoms with Gasteiger partial charge in [-0.3, -0.25) is 4.90 Å². The van der Waals surface area contributed by atoms with Gasteiger partial charge in [-0.15, -0.1) is 0 Å². The van der Waals surface area contributed by atoms with Gasteiger partial charge in [0.2, 0.25) is 0 Å². The van der Waals surface area contributed by atoms with E-state index in [0.717, 1.165) is 24.5 Å². The molecule has 2 atom stereocenters. The Morgan fingerprint density at radius 2 is 2.00 bits per heavy atom. The van der Waals surface area contributed by atoms with E-state index in [1.54, 1.807) is 0 Å². The lowest BCUT2D eigenvalue weighted by molar-refractivity contribution is 0.0949. The summed E-state index contributed by atoms with van der Waals surface area (Å²) in [6.45, 7) is 3.09. The van der Waals surface area contributed by atoms with Gasteiger partial charge in [-0.25, -0.2) is 9.97 Å². The number of fused-ring (bicyclic) bond motifs is 2. The van der Waals surface area contributed by atoms with Gasteiger partial charge >= 0.3 is 0 Å². The number of hydrogen-bond acceptors (Lipinski definition) is 3. The Hall–Kier alpha value is -2.00. The van der Waals surface area contributed by atoms with Crippen molar-refractivity contribution in [3.05, 3.63) is 65.8 Å². The minimum Gasteiger partial charge on any atom is -0.289 e. The molecule has 3 nitrogen and oxygen atoms in total. The van der Waals surface area contributed by atoms with Crippen molar-refractivity contribution in [3.8, 4) is 0 Å². The first-order valence-electron chi connectivity index (χ1n) is 8.60. The largest absolute Gasteiger partial charge is 0.289 e. The lowest BCUT2D eigenvalue weighted by Gasteiger charge is -2.45. The van der Waals surface area contributed by atoms with Crippen LogP contribution in [-0.4, -0.2) is 27.0 Å². The zero-order valence-corrected chi connectivity index (χ0v) is 13.7. The summed E-state index contributed by atoms with van der Waals surface area (Å²) >= 11 is 0. The normalized spacial score (nSPS) is 24.3. The monoisotopic (exact) mass is 305 g/mol. The number of aromatic nitrogens is 2. The van der Waals surface area contributed by atoms with Gasteiger partial charge in [0.15, 0.2) is 5.82 Å². The van der Waals surface area contributed by atoms with Gasteiger partial charge in [0.1, 0.15) is 0 Å². The van der Waals surface area contributed by atoms with E-state index in [1.165, 1.54) is 30.4 Å². The van der Waals surface area contributed by atoms with Crippen LogP contribution in [0, 0.1) is 6.92 Å². The highest BCUT2D eigenvalue weighted by Crippen LogP contribution is 2.37. The first kappa shape index (κ1) is 14.6. The average molecular weight is 305 g/mol. The molecule has 0 radical (unpaired) electrons. The molecule has 23 heavy (non-hydrogen) atoms. The zero-order valence-electron chi connectivity index (χ0n) is 13.7. The summed E-state index contributed by atoms with van der Waals surface area (Å²) in [7, 11) is 0. The fraction of sp³-hybridized carbons (Fsp3) is 0.400. The topological polar surface area (TPSA) is 29.0 Å². The van der Waals surface area contributed by atoms with Crippen LogP contribution in [0.2, 0.25) is 0 Å². The van der Waals surface area contributed by atoms with Crippen molar-refractivity contribution in [2.45, 2.75) is 51.2 Å². The second-order valence-corrected chi connectivity index (χ2v) is 6.73.